The number of hydrogen-bond acceptors (Lipinski definition) is 3. The molecule has 0 spiro atoms. The predicted molar refractivity (Wildman–Crippen MR) is 115 cm³/mol. The first-order valence-corrected chi connectivity index (χ1v) is 10.6. The second-order valence-corrected chi connectivity index (χ2v) is 8.68. The van der Waals surface area contributed by atoms with Crippen LogP contribution < -0.4 is 9.21 Å². The van der Waals surface area contributed by atoms with Gasteiger partial charge in [-0.1, -0.05) is 54.6 Å². The van der Waals surface area contributed by atoms with E-state index in [1.54, 1.807) is 53.4 Å². The third kappa shape index (κ3) is 3.32. The minimum absolute atomic E-state index is 0.0582. The Morgan fingerprint density at radius 2 is 1.48 bits per heavy atom. The molecule has 3 aromatic rings. The van der Waals surface area contributed by atoms with Crippen LogP contribution in [0.15, 0.2) is 96.0 Å². The molecule has 1 heterocycles. The van der Waals surface area contributed by atoms with Crippen LogP contribution in [-0.4, -0.2) is 20.9 Å². The van der Waals surface area contributed by atoms with Crippen LogP contribution in [0.2, 0.25) is 0 Å². The van der Waals surface area contributed by atoms with Crippen LogP contribution in [0.25, 0.3) is 0 Å². The molecule has 0 bridgehead atoms. The van der Waals surface area contributed by atoms with Gasteiger partial charge >= 0.3 is 0 Å². The number of carbonyl (C=O) groups excluding carboxylic acids is 1. The van der Waals surface area contributed by atoms with Crippen LogP contribution in [0.5, 0.6) is 0 Å². The third-order valence-corrected chi connectivity index (χ3v) is 6.66. The first-order valence-electron chi connectivity index (χ1n) is 9.15. The Bertz CT molecular complexity index is 1190. The van der Waals surface area contributed by atoms with Crippen molar-refractivity contribution in [2.45, 2.75) is 11.8 Å². The molecule has 0 atom stereocenters. The third-order valence-electron chi connectivity index (χ3n) is 4.85. The van der Waals surface area contributed by atoms with Gasteiger partial charge in [-0.2, -0.15) is 0 Å². The Kier molecular flexibility index (Phi) is 4.72. The van der Waals surface area contributed by atoms with Gasteiger partial charge < -0.3 is 4.90 Å². The standard InChI is InChI=1S/C23H20N2O3S/c1-17-12-14-20(15-13-17)29(27,28)25-18(2)16-24(19-8-4-3-5-9-19)23(26)21-10-6-7-11-22(21)25/h3-15H,2,16H2,1H3. The lowest BCUT2D eigenvalue weighted by Gasteiger charge is -2.26. The van der Waals surface area contributed by atoms with Gasteiger partial charge in [0.2, 0.25) is 0 Å². The van der Waals surface area contributed by atoms with Crippen molar-refractivity contribution in [1.29, 1.82) is 0 Å². The molecule has 0 radical (unpaired) electrons. The van der Waals surface area contributed by atoms with Gasteiger partial charge in [-0.25, -0.2) is 12.7 Å². The topological polar surface area (TPSA) is 57.7 Å². The SMILES string of the molecule is C=C1CN(c2ccccc2)C(=O)c2ccccc2N1S(=O)(=O)c1ccc(C)cc1. The highest BCUT2D eigenvalue weighted by molar-refractivity contribution is 7.93. The summed E-state index contributed by atoms with van der Waals surface area (Å²) in [4.78, 5) is 15.0. The molecule has 0 N–H and O–H groups in total. The van der Waals surface area contributed by atoms with E-state index < -0.39 is 10.0 Å². The number of sulfonamides is 1. The summed E-state index contributed by atoms with van der Waals surface area (Å²) in [5.74, 6) is -0.269. The normalized spacial score (nSPS) is 14.5. The second kappa shape index (κ2) is 7.22. The number of para-hydroxylation sites is 2. The average molecular weight is 404 g/mol. The Morgan fingerprint density at radius 3 is 2.17 bits per heavy atom. The van der Waals surface area contributed by atoms with Crippen molar-refractivity contribution >= 4 is 27.3 Å². The summed E-state index contributed by atoms with van der Waals surface area (Å²) in [6.45, 7) is 5.98. The number of rotatable bonds is 3. The van der Waals surface area contributed by atoms with E-state index in [1.165, 1.54) is 4.31 Å². The summed E-state index contributed by atoms with van der Waals surface area (Å²) in [5.41, 5.74) is 2.56. The fourth-order valence-corrected chi connectivity index (χ4v) is 4.90. The fraction of sp³-hybridized carbons (Fsp3) is 0.0870. The molecule has 0 fully saturated rings. The molecule has 6 heteroatoms. The number of fused-ring (bicyclic) bond motifs is 1. The molecular weight excluding hydrogens is 384 g/mol. The number of anilines is 2. The van der Waals surface area contributed by atoms with Gasteiger partial charge in [-0.3, -0.25) is 4.79 Å². The maximum Gasteiger partial charge on any atom is 0.268 e. The second-order valence-electron chi connectivity index (χ2n) is 6.89. The number of nitrogens with zero attached hydrogens (tertiary/aromatic N) is 2. The molecule has 1 aliphatic rings. The van der Waals surface area contributed by atoms with Crippen LogP contribution >= 0.6 is 0 Å². The van der Waals surface area contributed by atoms with E-state index in [4.69, 9.17) is 0 Å². The van der Waals surface area contributed by atoms with E-state index in [-0.39, 0.29) is 17.3 Å². The van der Waals surface area contributed by atoms with E-state index in [1.807, 2.05) is 37.3 Å². The number of hydrogen-bond donors (Lipinski definition) is 0. The first-order chi connectivity index (χ1) is 13.9. The van der Waals surface area contributed by atoms with Crippen LogP contribution in [0.4, 0.5) is 11.4 Å². The predicted octanol–water partition coefficient (Wildman–Crippen LogP) is 4.36. The highest BCUT2D eigenvalue weighted by Gasteiger charge is 2.36. The smallest absolute Gasteiger partial charge is 0.268 e. The fourth-order valence-electron chi connectivity index (χ4n) is 3.40. The van der Waals surface area contributed by atoms with Crippen molar-refractivity contribution in [3.63, 3.8) is 0 Å². The van der Waals surface area contributed by atoms with Crippen LogP contribution in [0.3, 0.4) is 0 Å². The molecular formula is C23H20N2O3S. The molecule has 0 saturated heterocycles. The van der Waals surface area contributed by atoms with Crippen LogP contribution in [-0.2, 0) is 10.0 Å². The molecule has 0 aromatic heterocycles. The van der Waals surface area contributed by atoms with E-state index in [0.717, 1.165) is 5.56 Å². The average Bonchev–Trinajstić information content (AvgIpc) is 2.83. The summed E-state index contributed by atoms with van der Waals surface area (Å²) in [7, 11) is -3.94. The summed E-state index contributed by atoms with van der Waals surface area (Å²) in [5, 5.41) is 0. The van der Waals surface area contributed by atoms with Gasteiger partial charge in [-0.15, -0.1) is 0 Å². The molecule has 5 nitrogen and oxygen atoms in total. The van der Waals surface area contributed by atoms with Gasteiger partial charge in [0.1, 0.15) is 0 Å². The molecule has 0 aliphatic carbocycles. The lowest BCUT2D eigenvalue weighted by Crippen LogP contribution is -2.35. The van der Waals surface area contributed by atoms with Crippen molar-refractivity contribution in [2.75, 3.05) is 15.7 Å². The van der Waals surface area contributed by atoms with Crippen molar-refractivity contribution in [1.82, 2.24) is 0 Å². The van der Waals surface area contributed by atoms with Gasteiger partial charge in [-0.05, 0) is 43.3 Å². The zero-order chi connectivity index (χ0) is 20.6. The van der Waals surface area contributed by atoms with Crippen molar-refractivity contribution < 1.29 is 13.2 Å². The van der Waals surface area contributed by atoms with Crippen LogP contribution in [0.1, 0.15) is 15.9 Å². The molecule has 0 unspecified atom stereocenters. The quantitative estimate of drug-likeness (QED) is 0.652. The number of aryl methyl sites for hydroxylation is 1. The van der Waals surface area contributed by atoms with Gasteiger partial charge in [0, 0.05) is 11.4 Å². The first kappa shape index (κ1) is 19.0. The maximum absolute atomic E-state index is 13.5. The highest BCUT2D eigenvalue weighted by atomic mass is 32.2. The Balaban J connectivity index is 1.88. The van der Waals surface area contributed by atoms with Crippen molar-refractivity contribution in [2.24, 2.45) is 0 Å². The minimum atomic E-state index is -3.94. The summed E-state index contributed by atoms with van der Waals surface area (Å²) in [6.07, 6.45) is 0. The lowest BCUT2D eigenvalue weighted by molar-refractivity contribution is 0.0991. The van der Waals surface area contributed by atoms with E-state index >= 15 is 0 Å². The monoisotopic (exact) mass is 404 g/mol. The molecule has 146 valence electrons. The summed E-state index contributed by atoms with van der Waals surface area (Å²) in [6, 6.07) is 22.5. The van der Waals surface area contributed by atoms with Crippen molar-refractivity contribution in [3.8, 4) is 0 Å². The maximum atomic E-state index is 13.5. The molecule has 3 aromatic carbocycles. The molecule has 1 amide bonds. The van der Waals surface area contributed by atoms with Gasteiger partial charge in [0.15, 0.2) is 0 Å². The number of amides is 1. The minimum Gasteiger partial charge on any atom is -0.302 e. The number of benzene rings is 3. The van der Waals surface area contributed by atoms with Gasteiger partial charge in [0.05, 0.1) is 22.7 Å². The van der Waals surface area contributed by atoms with E-state index in [0.29, 0.717) is 22.6 Å². The zero-order valence-electron chi connectivity index (χ0n) is 15.9. The lowest BCUT2D eigenvalue weighted by atomic mass is 10.1. The Morgan fingerprint density at radius 1 is 0.862 bits per heavy atom. The number of carbonyl (C=O) groups is 1. The summed E-state index contributed by atoms with van der Waals surface area (Å²) < 4.78 is 28.2. The highest BCUT2D eigenvalue weighted by Crippen LogP contribution is 2.35. The largest absolute Gasteiger partial charge is 0.302 e. The molecule has 29 heavy (non-hydrogen) atoms. The Labute approximate surface area is 170 Å². The van der Waals surface area contributed by atoms with E-state index in [9.17, 15) is 13.2 Å². The zero-order valence-corrected chi connectivity index (χ0v) is 16.8. The Hall–Kier alpha value is -3.38. The summed E-state index contributed by atoms with van der Waals surface area (Å²) >= 11 is 0. The van der Waals surface area contributed by atoms with E-state index in [2.05, 4.69) is 6.58 Å². The molecule has 4 rings (SSSR count). The molecule has 0 saturated carbocycles. The van der Waals surface area contributed by atoms with Gasteiger partial charge in [0.25, 0.3) is 15.9 Å². The van der Waals surface area contributed by atoms with Crippen LogP contribution in [0, 0.1) is 6.92 Å². The van der Waals surface area contributed by atoms with Crippen molar-refractivity contribution in [3.05, 3.63) is 102 Å². The molecule has 1 aliphatic heterocycles.